The summed E-state index contributed by atoms with van der Waals surface area (Å²) in [6, 6.07) is 3.01. The summed E-state index contributed by atoms with van der Waals surface area (Å²) in [6.45, 7) is 1.65. The van der Waals surface area contributed by atoms with Crippen molar-refractivity contribution < 1.29 is 9.13 Å². The predicted molar refractivity (Wildman–Crippen MR) is 70.3 cm³/mol. The number of ether oxygens (including phenoxy) is 1. The molecule has 0 saturated heterocycles. The summed E-state index contributed by atoms with van der Waals surface area (Å²) in [6.07, 6.45) is 3.60. The van der Waals surface area contributed by atoms with Crippen molar-refractivity contribution in [2.45, 2.75) is 19.4 Å². The molecule has 0 aromatic carbocycles. The quantitative estimate of drug-likeness (QED) is 0.809. The minimum absolute atomic E-state index is 0.298. The molecule has 6 heteroatoms. The molecule has 4 nitrogen and oxygen atoms in total. The van der Waals surface area contributed by atoms with E-state index in [1.54, 1.807) is 6.07 Å². The van der Waals surface area contributed by atoms with Gasteiger partial charge in [-0.15, -0.1) is 0 Å². The molecule has 98 valence electrons. The van der Waals surface area contributed by atoms with Crippen LogP contribution in [0.2, 0.25) is 0 Å². The Bertz CT molecular complexity index is 649. The summed E-state index contributed by atoms with van der Waals surface area (Å²) >= 11 is 3.51. The van der Waals surface area contributed by atoms with E-state index in [1.165, 1.54) is 25.1 Å². The van der Waals surface area contributed by atoms with E-state index in [2.05, 4.69) is 26.0 Å². The number of hydrogen-bond acceptors (Lipinski definition) is 3. The molecule has 0 N–H and O–H groups in total. The molecule has 2 aromatic rings. The van der Waals surface area contributed by atoms with Gasteiger partial charge in [-0.05, 0) is 40.9 Å². The minimum Gasteiger partial charge on any atom is -0.476 e. The number of nitrogens with zero attached hydrogens (tertiary/aromatic N) is 3. The molecule has 0 amide bonds. The van der Waals surface area contributed by atoms with Gasteiger partial charge in [0.25, 0.3) is 0 Å². The second-order valence-corrected chi connectivity index (χ2v) is 6.07. The first kappa shape index (κ1) is 11.4. The van der Waals surface area contributed by atoms with Gasteiger partial charge in [0.05, 0.1) is 25.0 Å². The molecule has 4 rings (SSSR count). The lowest BCUT2D eigenvalue weighted by Gasteiger charge is -2.23. The van der Waals surface area contributed by atoms with Gasteiger partial charge in [-0.25, -0.2) is 9.07 Å². The maximum absolute atomic E-state index is 12.9. The molecule has 0 unspecified atom stereocenters. The summed E-state index contributed by atoms with van der Waals surface area (Å²) in [5.74, 6) is 0.399. The first-order valence-corrected chi connectivity index (χ1v) is 6.97. The molecule has 0 atom stereocenters. The highest BCUT2D eigenvalue weighted by molar-refractivity contribution is 9.10. The highest BCUT2D eigenvalue weighted by Crippen LogP contribution is 2.51. The van der Waals surface area contributed by atoms with Crippen LogP contribution in [0, 0.1) is 11.2 Å². The second-order valence-electron chi connectivity index (χ2n) is 5.28. The van der Waals surface area contributed by atoms with Crippen LogP contribution < -0.4 is 4.74 Å². The summed E-state index contributed by atoms with van der Waals surface area (Å²) in [5.41, 5.74) is 1.64. The van der Waals surface area contributed by atoms with Gasteiger partial charge in [0, 0.05) is 5.41 Å². The topological polar surface area (TPSA) is 39.9 Å². The van der Waals surface area contributed by atoms with Crippen molar-refractivity contribution in [1.82, 2.24) is 14.8 Å². The summed E-state index contributed by atoms with van der Waals surface area (Å²) in [7, 11) is 0. The Morgan fingerprint density at radius 2 is 2.21 bits per heavy atom. The van der Waals surface area contributed by atoms with Gasteiger partial charge in [0.2, 0.25) is 5.88 Å². The molecule has 2 aromatic heterocycles. The molecule has 1 aliphatic carbocycles. The third kappa shape index (κ3) is 1.77. The van der Waals surface area contributed by atoms with E-state index in [9.17, 15) is 4.39 Å². The first-order valence-electron chi connectivity index (χ1n) is 6.18. The Balaban J connectivity index is 1.77. The van der Waals surface area contributed by atoms with Crippen molar-refractivity contribution in [1.29, 1.82) is 0 Å². The van der Waals surface area contributed by atoms with E-state index >= 15 is 0 Å². The number of aromatic nitrogens is 3. The molecule has 1 spiro atoms. The first-order chi connectivity index (χ1) is 9.17. The van der Waals surface area contributed by atoms with Crippen LogP contribution in [0.3, 0.4) is 0 Å². The van der Waals surface area contributed by atoms with Gasteiger partial charge >= 0.3 is 0 Å². The Morgan fingerprint density at radius 3 is 2.89 bits per heavy atom. The fourth-order valence-electron chi connectivity index (χ4n) is 2.41. The highest BCUT2D eigenvalue weighted by Gasteiger charge is 2.47. The van der Waals surface area contributed by atoms with Crippen LogP contribution in [0.25, 0.3) is 11.4 Å². The molecular weight excluding hydrogens is 313 g/mol. The maximum atomic E-state index is 12.9. The predicted octanol–water partition coefficient (Wildman–Crippen LogP) is 3.02. The molecule has 2 aliphatic rings. The number of halogens is 2. The zero-order valence-corrected chi connectivity index (χ0v) is 11.7. The fourth-order valence-corrected chi connectivity index (χ4v) is 3.01. The van der Waals surface area contributed by atoms with Crippen molar-refractivity contribution in [3.63, 3.8) is 0 Å². The Hall–Kier alpha value is -1.43. The number of fused-ring (bicyclic) bond motifs is 1. The minimum atomic E-state index is -0.350. The third-order valence-corrected chi connectivity index (χ3v) is 4.49. The normalized spacial score (nSPS) is 19.1. The van der Waals surface area contributed by atoms with E-state index in [0.29, 0.717) is 16.8 Å². The number of pyridine rings is 1. The van der Waals surface area contributed by atoms with Gasteiger partial charge in [-0.3, -0.25) is 4.98 Å². The lowest BCUT2D eigenvalue weighted by atomic mass is 10.1. The lowest BCUT2D eigenvalue weighted by molar-refractivity contribution is 0.147. The van der Waals surface area contributed by atoms with Crippen molar-refractivity contribution >= 4 is 15.9 Å². The molecule has 1 saturated carbocycles. The van der Waals surface area contributed by atoms with Crippen molar-refractivity contribution in [2.24, 2.45) is 5.41 Å². The Kier molecular flexibility index (Phi) is 2.27. The van der Waals surface area contributed by atoms with Crippen molar-refractivity contribution in [2.75, 3.05) is 6.61 Å². The van der Waals surface area contributed by atoms with E-state index in [-0.39, 0.29) is 5.82 Å². The van der Waals surface area contributed by atoms with E-state index in [4.69, 9.17) is 4.74 Å². The zero-order chi connectivity index (χ0) is 13.0. The third-order valence-electron chi connectivity index (χ3n) is 3.78. The molecule has 1 fully saturated rings. The van der Waals surface area contributed by atoms with Gasteiger partial charge in [-0.1, -0.05) is 0 Å². The van der Waals surface area contributed by atoms with Gasteiger partial charge in [0.15, 0.2) is 0 Å². The SMILES string of the molecule is Fc1ccc(-c2nn3c(c2Br)OCC2(CC2)C3)nc1. The average Bonchev–Trinajstić information content (AvgIpc) is 3.07. The van der Waals surface area contributed by atoms with Crippen LogP contribution >= 0.6 is 15.9 Å². The second kappa shape index (κ2) is 3.79. The molecule has 1 aliphatic heterocycles. The van der Waals surface area contributed by atoms with Gasteiger partial charge in [0.1, 0.15) is 16.0 Å². The lowest BCUT2D eigenvalue weighted by Crippen LogP contribution is -2.27. The summed E-state index contributed by atoms with van der Waals surface area (Å²) in [5, 5.41) is 4.55. The Morgan fingerprint density at radius 1 is 1.37 bits per heavy atom. The molecule has 19 heavy (non-hydrogen) atoms. The van der Waals surface area contributed by atoms with Gasteiger partial charge < -0.3 is 4.74 Å². The van der Waals surface area contributed by atoms with Crippen LogP contribution in [-0.2, 0) is 6.54 Å². The van der Waals surface area contributed by atoms with Crippen LogP contribution in [0.15, 0.2) is 22.8 Å². The van der Waals surface area contributed by atoms with E-state index < -0.39 is 0 Å². The highest BCUT2D eigenvalue weighted by atomic mass is 79.9. The van der Waals surface area contributed by atoms with Crippen molar-refractivity contribution in [3.05, 3.63) is 28.6 Å². The van der Waals surface area contributed by atoms with Crippen LogP contribution in [-0.4, -0.2) is 21.4 Å². The fraction of sp³-hybridized carbons (Fsp3) is 0.385. The smallest absolute Gasteiger partial charge is 0.227 e. The van der Waals surface area contributed by atoms with E-state index in [1.807, 2.05) is 4.68 Å². The zero-order valence-electron chi connectivity index (χ0n) is 10.1. The standard InChI is InChI=1S/C13H11BrFN3O/c14-10-11(9-2-1-8(15)5-16-9)17-18-6-13(3-4-13)7-19-12(10)18/h1-2,5H,3-4,6-7H2. The number of rotatable bonds is 1. The monoisotopic (exact) mass is 323 g/mol. The molecule has 3 heterocycles. The summed E-state index contributed by atoms with van der Waals surface area (Å²) in [4.78, 5) is 4.07. The van der Waals surface area contributed by atoms with Crippen LogP contribution in [0.4, 0.5) is 4.39 Å². The molecule has 0 bridgehead atoms. The van der Waals surface area contributed by atoms with Crippen LogP contribution in [0.5, 0.6) is 5.88 Å². The maximum Gasteiger partial charge on any atom is 0.227 e. The van der Waals surface area contributed by atoms with Gasteiger partial charge in [-0.2, -0.15) is 5.10 Å². The average molecular weight is 324 g/mol. The summed E-state index contributed by atoms with van der Waals surface area (Å²) < 4.78 is 21.4. The van der Waals surface area contributed by atoms with Crippen LogP contribution in [0.1, 0.15) is 12.8 Å². The molecule has 0 radical (unpaired) electrons. The Labute approximate surface area is 117 Å². The molecular formula is C13H11BrFN3O. The number of hydrogen-bond donors (Lipinski definition) is 0. The van der Waals surface area contributed by atoms with E-state index in [0.717, 1.165) is 23.5 Å². The largest absolute Gasteiger partial charge is 0.476 e. The van der Waals surface area contributed by atoms with Crippen molar-refractivity contribution in [3.8, 4) is 17.3 Å².